The Labute approximate surface area is 141 Å². The number of ether oxygens (including phenoxy) is 2. The molecule has 0 radical (unpaired) electrons. The van der Waals surface area contributed by atoms with Crippen LogP contribution >= 0.6 is 15.9 Å². The number of halogens is 1. The predicted molar refractivity (Wildman–Crippen MR) is 91.4 cm³/mol. The summed E-state index contributed by atoms with van der Waals surface area (Å²) in [5, 5.41) is 0.857. The first-order valence-electron chi connectivity index (χ1n) is 7.93. The Morgan fingerprint density at radius 1 is 1.18 bits per heavy atom. The topological polar surface area (TPSA) is 35.5 Å². The maximum Gasteiger partial charge on any atom is 0.509 e. The van der Waals surface area contributed by atoms with Crippen LogP contribution in [0.1, 0.15) is 63.5 Å². The Balaban J connectivity index is 2.05. The smallest absolute Gasteiger partial charge is 0.430 e. The van der Waals surface area contributed by atoms with Gasteiger partial charge in [0, 0.05) is 11.2 Å². The zero-order valence-electron chi connectivity index (χ0n) is 13.6. The van der Waals surface area contributed by atoms with Crippen LogP contribution in [-0.4, -0.2) is 17.9 Å². The lowest BCUT2D eigenvalue weighted by Gasteiger charge is -2.32. The summed E-state index contributed by atoms with van der Waals surface area (Å²) in [5.41, 5.74) is 1.99. The second kappa shape index (κ2) is 7.49. The van der Waals surface area contributed by atoms with Crippen LogP contribution in [0.2, 0.25) is 0 Å². The predicted octanol–water partition coefficient (Wildman–Crippen LogP) is 5.56. The van der Waals surface area contributed by atoms with Crippen molar-refractivity contribution in [3.8, 4) is 0 Å². The number of rotatable bonds is 3. The summed E-state index contributed by atoms with van der Waals surface area (Å²) in [6.45, 7) is 5.56. The van der Waals surface area contributed by atoms with E-state index in [0.717, 1.165) is 24.6 Å². The first kappa shape index (κ1) is 17.3. The molecule has 0 N–H and O–H groups in total. The molecule has 1 aromatic rings. The van der Waals surface area contributed by atoms with Crippen molar-refractivity contribution in [3.63, 3.8) is 0 Å². The van der Waals surface area contributed by atoms with E-state index in [1.54, 1.807) is 0 Å². The van der Waals surface area contributed by atoms with E-state index < -0.39 is 11.8 Å². The highest BCUT2D eigenvalue weighted by Crippen LogP contribution is 2.35. The van der Waals surface area contributed by atoms with Gasteiger partial charge in [0.1, 0.15) is 11.7 Å². The van der Waals surface area contributed by atoms with Crippen molar-refractivity contribution in [1.29, 1.82) is 0 Å². The molecule has 22 heavy (non-hydrogen) atoms. The number of carbonyl (C=O) groups is 1. The normalized spacial score (nSPS) is 22.2. The fourth-order valence-corrected chi connectivity index (χ4v) is 3.24. The highest BCUT2D eigenvalue weighted by Gasteiger charge is 2.31. The lowest BCUT2D eigenvalue weighted by atomic mass is 9.81. The van der Waals surface area contributed by atoms with Crippen molar-refractivity contribution < 1.29 is 14.3 Å². The van der Waals surface area contributed by atoms with E-state index in [4.69, 9.17) is 9.47 Å². The average Bonchev–Trinajstić information content (AvgIpc) is 2.46. The molecule has 0 aliphatic heterocycles. The van der Waals surface area contributed by atoms with Gasteiger partial charge < -0.3 is 9.47 Å². The van der Waals surface area contributed by atoms with E-state index >= 15 is 0 Å². The number of hydrogen-bond acceptors (Lipinski definition) is 3. The second-order valence-corrected chi connectivity index (χ2v) is 7.45. The van der Waals surface area contributed by atoms with Crippen molar-refractivity contribution in [2.24, 2.45) is 0 Å². The monoisotopic (exact) mass is 368 g/mol. The highest BCUT2D eigenvalue weighted by atomic mass is 79.9. The minimum absolute atomic E-state index is 0.0848. The first-order valence-corrected chi connectivity index (χ1v) is 9.05. The lowest BCUT2D eigenvalue weighted by molar-refractivity contribution is -0.0387. The summed E-state index contributed by atoms with van der Waals surface area (Å²) in [5.74, 6) is 0.269. The van der Waals surface area contributed by atoms with E-state index in [0.29, 0.717) is 0 Å². The highest BCUT2D eigenvalue weighted by molar-refractivity contribution is 9.08. The van der Waals surface area contributed by atoms with E-state index in [1.807, 2.05) is 20.8 Å². The third-order valence-electron chi connectivity index (χ3n) is 3.90. The van der Waals surface area contributed by atoms with Crippen molar-refractivity contribution in [2.75, 3.05) is 0 Å². The largest absolute Gasteiger partial charge is 0.509 e. The van der Waals surface area contributed by atoms with Gasteiger partial charge in [-0.05, 0) is 51.2 Å². The number of carbonyl (C=O) groups excluding carboxylic acids is 1. The molecular formula is C18H25BrO3. The van der Waals surface area contributed by atoms with E-state index in [1.165, 1.54) is 17.5 Å². The van der Waals surface area contributed by atoms with Crippen LogP contribution < -0.4 is 0 Å². The molecule has 1 saturated carbocycles. The Morgan fingerprint density at radius 2 is 1.82 bits per heavy atom. The summed E-state index contributed by atoms with van der Waals surface area (Å²) in [6, 6.07) is 8.56. The molecule has 1 fully saturated rings. The number of hydrogen-bond donors (Lipinski definition) is 0. The summed E-state index contributed by atoms with van der Waals surface area (Å²) in [6.07, 6.45) is 3.60. The third-order valence-corrected chi connectivity index (χ3v) is 4.55. The van der Waals surface area contributed by atoms with Crippen molar-refractivity contribution in [3.05, 3.63) is 35.4 Å². The van der Waals surface area contributed by atoms with Gasteiger partial charge in [-0.3, -0.25) is 0 Å². The molecule has 3 nitrogen and oxygen atoms in total. The molecule has 4 heteroatoms. The Hall–Kier alpha value is -1.03. The Kier molecular flexibility index (Phi) is 5.90. The molecule has 2 atom stereocenters. The van der Waals surface area contributed by atoms with Gasteiger partial charge in [0.25, 0.3) is 0 Å². The third kappa shape index (κ3) is 5.01. The van der Waals surface area contributed by atoms with Crippen LogP contribution in [0.15, 0.2) is 24.3 Å². The van der Waals surface area contributed by atoms with Crippen LogP contribution in [0.4, 0.5) is 4.79 Å². The Bertz CT molecular complexity index is 490. The average molecular weight is 369 g/mol. The molecular weight excluding hydrogens is 344 g/mol. The standard InChI is InChI=1S/C18H25BrO3/c1-18(2,3)22-17(20)21-16-7-5-4-6-15(16)14-10-8-13(12-19)9-11-14/h8-11,15-16H,4-7,12H2,1-3H3/t15-,16+/m0/s1. The van der Waals surface area contributed by atoms with Gasteiger partial charge in [0.05, 0.1) is 0 Å². The number of benzene rings is 1. The van der Waals surface area contributed by atoms with Gasteiger partial charge >= 0.3 is 6.16 Å². The quantitative estimate of drug-likeness (QED) is 0.517. The van der Waals surface area contributed by atoms with E-state index in [-0.39, 0.29) is 12.0 Å². The van der Waals surface area contributed by atoms with E-state index in [2.05, 4.69) is 40.2 Å². The molecule has 0 aromatic heterocycles. The maximum atomic E-state index is 12.0. The van der Waals surface area contributed by atoms with Gasteiger partial charge in [-0.25, -0.2) is 4.79 Å². The zero-order valence-corrected chi connectivity index (χ0v) is 15.2. The molecule has 2 rings (SSSR count). The molecule has 0 spiro atoms. The summed E-state index contributed by atoms with van der Waals surface area (Å²) >= 11 is 3.46. The van der Waals surface area contributed by atoms with E-state index in [9.17, 15) is 4.79 Å². The molecule has 0 amide bonds. The fourth-order valence-electron chi connectivity index (χ4n) is 2.87. The van der Waals surface area contributed by atoms with Crippen LogP contribution in [-0.2, 0) is 14.8 Å². The molecule has 1 aliphatic carbocycles. The summed E-state index contributed by atoms with van der Waals surface area (Å²) in [7, 11) is 0. The van der Waals surface area contributed by atoms with Crippen molar-refractivity contribution >= 4 is 22.1 Å². The van der Waals surface area contributed by atoms with Crippen molar-refractivity contribution in [1.82, 2.24) is 0 Å². The minimum atomic E-state index is -0.554. The van der Waals surface area contributed by atoms with Crippen molar-refractivity contribution in [2.45, 2.75) is 69.4 Å². The van der Waals surface area contributed by atoms with Crippen LogP contribution in [0, 0.1) is 0 Å². The SMILES string of the molecule is CC(C)(C)OC(=O)O[C@@H]1CCCC[C@H]1c1ccc(CBr)cc1. The molecule has 0 unspecified atom stereocenters. The molecule has 0 bridgehead atoms. The van der Waals surface area contributed by atoms with Crippen LogP contribution in [0.3, 0.4) is 0 Å². The first-order chi connectivity index (χ1) is 10.4. The molecule has 1 aromatic carbocycles. The fraction of sp³-hybridized carbons (Fsp3) is 0.611. The zero-order chi connectivity index (χ0) is 16.2. The van der Waals surface area contributed by atoms with Gasteiger partial charge in [0.2, 0.25) is 0 Å². The van der Waals surface area contributed by atoms with Gasteiger partial charge in [-0.2, -0.15) is 0 Å². The van der Waals surface area contributed by atoms with Gasteiger partial charge in [-0.15, -0.1) is 0 Å². The summed E-state index contributed by atoms with van der Waals surface area (Å²) in [4.78, 5) is 12.0. The van der Waals surface area contributed by atoms with Crippen LogP contribution in [0.5, 0.6) is 0 Å². The number of alkyl halides is 1. The molecule has 122 valence electrons. The summed E-state index contributed by atoms with van der Waals surface area (Å²) < 4.78 is 10.9. The maximum absolute atomic E-state index is 12.0. The minimum Gasteiger partial charge on any atom is -0.430 e. The lowest BCUT2D eigenvalue weighted by Crippen LogP contribution is -2.32. The second-order valence-electron chi connectivity index (χ2n) is 6.89. The van der Waals surface area contributed by atoms with Gasteiger partial charge in [0.15, 0.2) is 0 Å². The molecule has 0 heterocycles. The molecule has 1 aliphatic rings. The molecule has 0 saturated heterocycles. The Morgan fingerprint density at radius 3 is 2.41 bits per heavy atom. The van der Waals surface area contributed by atoms with Crippen LogP contribution in [0.25, 0.3) is 0 Å². The van der Waals surface area contributed by atoms with Gasteiger partial charge in [-0.1, -0.05) is 46.6 Å².